The minimum atomic E-state index is -0.248. The Kier molecular flexibility index (Phi) is 6.28. The first-order valence-corrected chi connectivity index (χ1v) is 7.32. The smallest absolute Gasteiger partial charge is 0.243 e. The molecule has 19 heavy (non-hydrogen) atoms. The summed E-state index contributed by atoms with van der Waals surface area (Å²) in [5.41, 5.74) is 0. The number of hydrogen-bond donors (Lipinski definition) is 1. The third kappa shape index (κ3) is 4.20. The molecule has 0 aromatic rings. The normalized spacial score (nSPS) is 24.9. The molecule has 2 aliphatic heterocycles. The molecule has 2 fully saturated rings. The molecule has 1 atom stereocenters. The highest BCUT2D eigenvalue weighted by molar-refractivity contribution is 5.90. The molecule has 0 aromatic heterocycles. The van der Waals surface area contributed by atoms with Crippen molar-refractivity contribution in [3.8, 4) is 0 Å². The second-order valence-electron chi connectivity index (χ2n) is 5.15. The Morgan fingerprint density at radius 2 is 1.74 bits per heavy atom. The molecule has 0 aliphatic carbocycles. The lowest BCUT2D eigenvalue weighted by Gasteiger charge is -2.31. The van der Waals surface area contributed by atoms with Crippen molar-refractivity contribution in [2.45, 2.75) is 51.6 Å². The van der Waals surface area contributed by atoms with Crippen molar-refractivity contribution in [3.63, 3.8) is 0 Å². The SMILES string of the molecule is CC.CN1CCC(NC(=O)C2CCC(=O)N2C)CC1. The molecule has 0 spiro atoms. The van der Waals surface area contributed by atoms with Crippen LogP contribution in [-0.4, -0.2) is 60.9 Å². The van der Waals surface area contributed by atoms with Crippen LogP contribution in [0.15, 0.2) is 0 Å². The van der Waals surface area contributed by atoms with Crippen LogP contribution in [0.4, 0.5) is 0 Å². The van der Waals surface area contributed by atoms with Gasteiger partial charge in [-0.3, -0.25) is 9.59 Å². The van der Waals surface area contributed by atoms with Crippen molar-refractivity contribution >= 4 is 11.8 Å². The van der Waals surface area contributed by atoms with Gasteiger partial charge in [0.05, 0.1) is 0 Å². The molecule has 1 unspecified atom stereocenters. The first-order valence-electron chi connectivity index (χ1n) is 7.32. The lowest BCUT2D eigenvalue weighted by molar-refractivity contribution is -0.134. The molecule has 1 N–H and O–H groups in total. The summed E-state index contributed by atoms with van der Waals surface area (Å²) in [4.78, 5) is 27.2. The summed E-state index contributed by atoms with van der Waals surface area (Å²) < 4.78 is 0. The van der Waals surface area contributed by atoms with Gasteiger partial charge in [-0.2, -0.15) is 0 Å². The molecule has 0 saturated carbocycles. The van der Waals surface area contributed by atoms with Crippen LogP contribution in [0.3, 0.4) is 0 Å². The molecule has 0 radical (unpaired) electrons. The minimum Gasteiger partial charge on any atom is -0.351 e. The van der Waals surface area contributed by atoms with Crippen LogP contribution >= 0.6 is 0 Å². The molecule has 110 valence electrons. The van der Waals surface area contributed by atoms with Gasteiger partial charge >= 0.3 is 0 Å². The molecule has 0 aromatic carbocycles. The largest absolute Gasteiger partial charge is 0.351 e. The van der Waals surface area contributed by atoms with Crippen LogP contribution in [0.1, 0.15) is 39.5 Å². The zero-order valence-corrected chi connectivity index (χ0v) is 12.6. The summed E-state index contributed by atoms with van der Waals surface area (Å²) in [6.07, 6.45) is 3.18. The maximum Gasteiger partial charge on any atom is 0.243 e. The summed E-state index contributed by atoms with van der Waals surface area (Å²) in [5, 5.41) is 3.07. The predicted molar refractivity (Wildman–Crippen MR) is 75.8 cm³/mol. The Bertz CT molecular complexity index is 312. The van der Waals surface area contributed by atoms with Gasteiger partial charge in [0.15, 0.2) is 0 Å². The van der Waals surface area contributed by atoms with E-state index in [4.69, 9.17) is 0 Å². The number of rotatable bonds is 2. The van der Waals surface area contributed by atoms with Gasteiger partial charge in [-0.1, -0.05) is 13.8 Å². The van der Waals surface area contributed by atoms with E-state index in [1.165, 1.54) is 0 Å². The van der Waals surface area contributed by atoms with Crippen LogP contribution < -0.4 is 5.32 Å². The van der Waals surface area contributed by atoms with Crippen molar-refractivity contribution in [3.05, 3.63) is 0 Å². The highest BCUT2D eigenvalue weighted by atomic mass is 16.2. The van der Waals surface area contributed by atoms with Crippen molar-refractivity contribution in [2.24, 2.45) is 0 Å². The van der Waals surface area contributed by atoms with Crippen molar-refractivity contribution in [1.29, 1.82) is 0 Å². The maximum atomic E-state index is 12.0. The Morgan fingerprint density at radius 3 is 2.21 bits per heavy atom. The monoisotopic (exact) mass is 269 g/mol. The standard InChI is InChI=1S/C12H21N3O2.C2H6/c1-14-7-5-9(6-8-14)13-12(17)10-3-4-11(16)15(10)2;1-2/h9-10H,3-8H2,1-2H3,(H,13,17);1-2H3. The molecule has 5 heteroatoms. The number of likely N-dealkylation sites (tertiary alicyclic amines) is 2. The summed E-state index contributed by atoms with van der Waals surface area (Å²) in [6, 6.07) is 0.0324. The van der Waals surface area contributed by atoms with Gasteiger partial charge < -0.3 is 15.1 Å². The van der Waals surface area contributed by atoms with E-state index >= 15 is 0 Å². The third-order valence-electron chi connectivity index (χ3n) is 3.86. The number of amides is 2. The average Bonchev–Trinajstić information content (AvgIpc) is 2.75. The van der Waals surface area contributed by atoms with Gasteiger partial charge in [-0.25, -0.2) is 0 Å². The topological polar surface area (TPSA) is 52.7 Å². The molecular formula is C14H27N3O2. The zero-order valence-electron chi connectivity index (χ0n) is 12.6. The van der Waals surface area contributed by atoms with E-state index in [1.807, 2.05) is 13.8 Å². The molecular weight excluding hydrogens is 242 g/mol. The lowest BCUT2D eigenvalue weighted by Crippen LogP contribution is -2.49. The van der Waals surface area contributed by atoms with Gasteiger partial charge in [0.25, 0.3) is 0 Å². The fourth-order valence-corrected chi connectivity index (χ4v) is 2.56. The van der Waals surface area contributed by atoms with E-state index in [9.17, 15) is 9.59 Å². The number of likely N-dealkylation sites (N-methyl/N-ethyl adjacent to an activating group) is 1. The van der Waals surface area contributed by atoms with Gasteiger partial charge in [-0.05, 0) is 39.4 Å². The van der Waals surface area contributed by atoms with E-state index in [0.717, 1.165) is 25.9 Å². The molecule has 2 aliphatic rings. The summed E-state index contributed by atoms with van der Waals surface area (Å²) in [6.45, 7) is 6.06. The van der Waals surface area contributed by atoms with E-state index in [0.29, 0.717) is 12.8 Å². The van der Waals surface area contributed by atoms with Crippen molar-refractivity contribution in [2.75, 3.05) is 27.2 Å². The van der Waals surface area contributed by atoms with E-state index in [-0.39, 0.29) is 23.9 Å². The van der Waals surface area contributed by atoms with Crippen LogP contribution in [-0.2, 0) is 9.59 Å². The summed E-state index contributed by atoms with van der Waals surface area (Å²) >= 11 is 0. The number of nitrogens with one attached hydrogen (secondary N) is 1. The molecule has 0 bridgehead atoms. The first kappa shape index (κ1) is 16.0. The third-order valence-corrected chi connectivity index (χ3v) is 3.86. The van der Waals surface area contributed by atoms with E-state index in [1.54, 1.807) is 11.9 Å². The highest BCUT2D eigenvalue weighted by Gasteiger charge is 2.34. The molecule has 2 amide bonds. The molecule has 2 heterocycles. The van der Waals surface area contributed by atoms with Crippen LogP contribution in [0.25, 0.3) is 0 Å². The lowest BCUT2D eigenvalue weighted by atomic mass is 10.0. The molecule has 2 rings (SSSR count). The summed E-state index contributed by atoms with van der Waals surface area (Å²) in [7, 11) is 3.82. The maximum absolute atomic E-state index is 12.0. The van der Waals surface area contributed by atoms with Crippen molar-refractivity contribution in [1.82, 2.24) is 15.1 Å². The van der Waals surface area contributed by atoms with E-state index < -0.39 is 0 Å². The quantitative estimate of drug-likeness (QED) is 0.808. The average molecular weight is 269 g/mol. The molecule has 2 saturated heterocycles. The van der Waals surface area contributed by atoms with Gasteiger partial charge in [0.1, 0.15) is 6.04 Å². The fourth-order valence-electron chi connectivity index (χ4n) is 2.56. The van der Waals surface area contributed by atoms with Crippen molar-refractivity contribution < 1.29 is 9.59 Å². The first-order chi connectivity index (χ1) is 9.08. The fraction of sp³-hybridized carbons (Fsp3) is 0.857. The second kappa shape index (κ2) is 7.48. The Morgan fingerprint density at radius 1 is 1.16 bits per heavy atom. The Labute approximate surface area is 116 Å². The molecule has 5 nitrogen and oxygen atoms in total. The Hall–Kier alpha value is -1.10. The number of piperidine rings is 1. The van der Waals surface area contributed by atoms with Gasteiger partial charge in [-0.15, -0.1) is 0 Å². The van der Waals surface area contributed by atoms with Crippen LogP contribution in [0.2, 0.25) is 0 Å². The van der Waals surface area contributed by atoms with Crippen LogP contribution in [0, 0.1) is 0 Å². The number of hydrogen-bond acceptors (Lipinski definition) is 3. The van der Waals surface area contributed by atoms with Crippen LogP contribution in [0.5, 0.6) is 0 Å². The predicted octanol–water partition coefficient (Wildman–Crippen LogP) is 0.844. The zero-order chi connectivity index (χ0) is 14.4. The number of carbonyl (C=O) groups excluding carboxylic acids is 2. The Balaban J connectivity index is 0.000000861. The van der Waals surface area contributed by atoms with Gasteiger partial charge in [0.2, 0.25) is 11.8 Å². The second-order valence-corrected chi connectivity index (χ2v) is 5.15. The number of nitrogens with zero attached hydrogens (tertiary/aromatic N) is 2. The highest BCUT2D eigenvalue weighted by Crippen LogP contribution is 2.17. The summed E-state index contributed by atoms with van der Waals surface area (Å²) in [5.74, 6) is 0.0985. The van der Waals surface area contributed by atoms with E-state index in [2.05, 4.69) is 17.3 Å². The van der Waals surface area contributed by atoms with Gasteiger partial charge in [0, 0.05) is 19.5 Å². The number of carbonyl (C=O) groups is 2. The minimum absolute atomic E-state index is 0.0212.